The third-order valence-corrected chi connectivity index (χ3v) is 3.43. The minimum Gasteiger partial charge on any atom is -0.378 e. The summed E-state index contributed by atoms with van der Waals surface area (Å²) in [5.74, 6) is 0.158. The lowest BCUT2D eigenvalue weighted by Crippen LogP contribution is -2.08. The smallest absolute Gasteiger partial charge is 0.181 e. The highest BCUT2D eigenvalue weighted by Gasteiger charge is 2.16. The Morgan fingerprint density at radius 3 is 3.00 bits per heavy atom. The fourth-order valence-corrected chi connectivity index (χ4v) is 2.49. The lowest BCUT2D eigenvalue weighted by atomic mass is 10.0. The zero-order chi connectivity index (χ0) is 13.0. The van der Waals surface area contributed by atoms with Gasteiger partial charge in [0, 0.05) is 19.2 Å². The molecule has 0 N–H and O–H groups in total. The fourth-order valence-electron chi connectivity index (χ4n) is 2.49. The average Bonchev–Trinajstić information content (AvgIpc) is 2.81. The molecule has 2 rings (SSSR count). The first-order chi connectivity index (χ1) is 8.66. The standard InChI is InChI=1S/C15H21NO2/c1-11-9-12(2)15(16-10-11)14(17)7-3-5-13-6-4-8-18-13/h9-10,13H,3-8H2,1-2H3. The summed E-state index contributed by atoms with van der Waals surface area (Å²) in [6, 6.07) is 2.01. The SMILES string of the molecule is Cc1cnc(C(=O)CCCC2CCCO2)c(C)c1. The molecule has 1 saturated heterocycles. The molecule has 3 heteroatoms. The van der Waals surface area contributed by atoms with Crippen molar-refractivity contribution in [2.24, 2.45) is 0 Å². The molecule has 1 aromatic rings. The van der Waals surface area contributed by atoms with Gasteiger partial charge in [0.05, 0.1) is 6.10 Å². The second kappa shape index (κ2) is 6.10. The molecule has 98 valence electrons. The van der Waals surface area contributed by atoms with E-state index in [4.69, 9.17) is 4.74 Å². The first-order valence-electron chi connectivity index (χ1n) is 6.75. The number of pyridine rings is 1. The molecule has 18 heavy (non-hydrogen) atoms. The number of nitrogens with zero attached hydrogens (tertiary/aromatic N) is 1. The number of Topliss-reactive ketones (excluding diaryl/α,β-unsaturated/α-hetero) is 1. The van der Waals surface area contributed by atoms with E-state index in [0.29, 0.717) is 18.2 Å². The van der Waals surface area contributed by atoms with Gasteiger partial charge in [-0.25, -0.2) is 0 Å². The molecule has 0 aliphatic carbocycles. The number of aryl methyl sites for hydroxylation is 2. The molecule has 1 atom stereocenters. The zero-order valence-electron chi connectivity index (χ0n) is 11.2. The number of ketones is 1. The average molecular weight is 247 g/mol. The Balaban J connectivity index is 1.83. The predicted molar refractivity (Wildman–Crippen MR) is 70.9 cm³/mol. The molecule has 0 bridgehead atoms. The van der Waals surface area contributed by atoms with Crippen molar-refractivity contribution in [2.45, 2.75) is 52.1 Å². The summed E-state index contributed by atoms with van der Waals surface area (Å²) < 4.78 is 5.55. The van der Waals surface area contributed by atoms with Crippen LogP contribution < -0.4 is 0 Å². The summed E-state index contributed by atoms with van der Waals surface area (Å²) in [7, 11) is 0. The molecule has 1 aliphatic rings. The first kappa shape index (κ1) is 13.2. The van der Waals surface area contributed by atoms with Gasteiger partial charge >= 0.3 is 0 Å². The van der Waals surface area contributed by atoms with Gasteiger partial charge in [-0.15, -0.1) is 0 Å². The highest BCUT2D eigenvalue weighted by molar-refractivity contribution is 5.95. The molecule has 1 fully saturated rings. The van der Waals surface area contributed by atoms with Crippen LogP contribution in [0.3, 0.4) is 0 Å². The van der Waals surface area contributed by atoms with Gasteiger partial charge < -0.3 is 4.74 Å². The van der Waals surface area contributed by atoms with E-state index in [-0.39, 0.29) is 5.78 Å². The van der Waals surface area contributed by atoms with Crippen molar-refractivity contribution in [3.8, 4) is 0 Å². The van der Waals surface area contributed by atoms with Crippen LogP contribution in [0, 0.1) is 13.8 Å². The van der Waals surface area contributed by atoms with Crippen LogP contribution in [0.25, 0.3) is 0 Å². The molecule has 0 saturated carbocycles. The topological polar surface area (TPSA) is 39.2 Å². The number of carbonyl (C=O) groups excluding carboxylic acids is 1. The number of aromatic nitrogens is 1. The van der Waals surface area contributed by atoms with E-state index in [1.54, 1.807) is 6.20 Å². The second-order valence-electron chi connectivity index (χ2n) is 5.13. The third kappa shape index (κ3) is 3.39. The molecular weight excluding hydrogens is 226 g/mol. The van der Waals surface area contributed by atoms with Gasteiger partial charge in [-0.2, -0.15) is 0 Å². The zero-order valence-corrected chi connectivity index (χ0v) is 11.2. The van der Waals surface area contributed by atoms with Crippen molar-refractivity contribution in [1.82, 2.24) is 4.98 Å². The van der Waals surface area contributed by atoms with Crippen molar-refractivity contribution in [1.29, 1.82) is 0 Å². The quantitative estimate of drug-likeness (QED) is 0.750. The maximum Gasteiger partial charge on any atom is 0.181 e. The van der Waals surface area contributed by atoms with Crippen LogP contribution in [-0.4, -0.2) is 23.5 Å². The summed E-state index contributed by atoms with van der Waals surface area (Å²) in [5, 5.41) is 0. The largest absolute Gasteiger partial charge is 0.378 e. The van der Waals surface area contributed by atoms with Crippen molar-refractivity contribution >= 4 is 5.78 Å². The van der Waals surface area contributed by atoms with E-state index in [1.807, 2.05) is 19.9 Å². The van der Waals surface area contributed by atoms with E-state index in [9.17, 15) is 4.79 Å². The third-order valence-electron chi connectivity index (χ3n) is 3.43. The Kier molecular flexibility index (Phi) is 4.48. The van der Waals surface area contributed by atoms with Gasteiger partial charge in [0.2, 0.25) is 0 Å². The normalized spacial score (nSPS) is 19.1. The van der Waals surface area contributed by atoms with Crippen LogP contribution in [-0.2, 0) is 4.74 Å². The Morgan fingerprint density at radius 1 is 1.50 bits per heavy atom. The van der Waals surface area contributed by atoms with E-state index in [0.717, 1.165) is 43.4 Å². The molecule has 1 aliphatic heterocycles. The summed E-state index contributed by atoms with van der Waals surface area (Å²) in [5.41, 5.74) is 2.72. The van der Waals surface area contributed by atoms with E-state index < -0.39 is 0 Å². The second-order valence-corrected chi connectivity index (χ2v) is 5.13. The van der Waals surface area contributed by atoms with Crippen molar-refractivity contribution < 1.29 is 9.53 Å². The molecule has 0 spiro atoms. The Morgan fingerprint density at radius 2 is 2.33 bits per heavy atom. The molecular formula is C15H21NO2. The van der Waals surface area contributed by atoms with Gasteiger partial charge in [0.25, 0.3) is 0 Å². The van der Waals surface area contributed by atoms with E-state index in [2.05, 4.69) is 4.98 Å². The molecule has 2 heterocycles. The van der Waals surface area contributed by atoms with Crippen LogP contribution >= 0.6 is 0 Å². The number of rotatable bonds is 5. The molecule has 1 unspecified atom stereocenters. The predicted octanol–water partition coefficient (Wildman–Crippen LogP) is 3.23. The van der Waals surface area contributed by atoms with Crippen LogP contribution in [0.5, 0.6) is 0 Å². The molecule has 0 aromatic carbocycles. The van der Waals surface area contributed by atoms with E-state index in [1.165, 1.54) is 0 Å². The highest BCUT2D eigenvalue weighted by Crippen LogP contribution is 2.19. The number of hydrogen-bond acceptors (Lipinski definition) is 3. The maximum atomic E-state index is 12.0. The molecule has 1 aromatic heterocycles. The Labute approximate surface area is 109 Å². The highest BCUT2D eigenvalue weighted by atomic mass is 16.5. The summed E-state index contributed by atoms with van der Waals surface area (Å²) >= 11 is 0. The minimum absolute atomic E-state index is 0.158. The molecule has 3 nitrogen and oxygen atoms in total. The summed E-state index contributed by atoms with van der Waals surface area (Å²) in [4.78, 5) is 16.3. The van der Waals surface area contributed by atoms with Gasteiger partial charge in [0.1, 0.15) is 5.69 Å². The number of hydrogen-bond donors (Lipinski definition) is 0. The van der Waals surface area contributed by atoms with Crippen LogP contribution in [0.4, 0.5) is 0 Å². The Hall–Kier alpha value is -1.22. The summed E-state index contributed by atoms with van der Waals surface area (Å²) in [6.07, 6.45) is 6.93. The van der Waals surface area contributed by atoms with Crippen LogP contribution in [0.2, 0.25) is 0 Å². The monoisotopic (exact) mass is 247 g/mol. The molecule has 0 amide bonds. The molecule has 0 radical (unpaired) electrons. The van der Waals surface area contributed by atoms with Crippen molar-refractivity contribution in [2.75, 3.05) is 6.61 Å². The number of ether oxygens (including phenoxy) is 1. The van der Waals surface area contributed by atoms with Gasteiger partial charge in [-0.1, -0.05) is 6.07 Å². The Bertz CT molecular complexity index is 423. The minimum atomic E-state index is 0.158. The number of carbonyl (C=O) groups is 1. The van der Waals surface area contributed by atoms with Crippen LogP contribution in [0.1, 0.15) is 53.7 Å². The van der Waals surface area contributed by atoms with Crippen molar-refractivity contribution in [3.63, 3.8) is 0 Å². The van der Waals surface area contributed by atoms with Crippen LogP contribution in [0.15, 0.2) is 12.3 Å². The van der Waals surface area contributed by atoms with Gasteiger partial charge in [-0.05, 0) is 50.7 Å². The lowest BCUT2D eigenvalue weighted by Gasteiger charge is -2.09. The van der Waals surface area contributed by atoms with Crippen molar-refractivity contribution in [3.05, 3.63) is 29.1 Å². The first-order valence-corrected chi connectivity index (χ1v) is 6.75. The van der Waals surface area contributed by atoms with E-state index >= 15 is 0 Å². The summed E-state index contributed by atoms with van der Waals surface area (Å²) in [6.45, 7) is 4.83. The maximum absolute atomic E-state index is 12.0. The van der Waals surface area contributed by atoms with Gasteiger partial charge in [0.15, 0.2) is 5.78 Å². The van der Waals surface area contributed by atoms with Gasteiger partial charge in [-0.3, -0.25) is 9.78 Å². The fraction of sp³-hybridized carbons (Fsp3) is 0.600. The lowest BCUT2D eigenvalue weighted by molar-refractivity contribution is 0.0919.